The average Bonchev–Trinajstić information content (AvgIpc) is 3.26. The highest BCUT2D eigenvalue weighted by molar-refractivity contribution is 9.10. The zero-order valence-electron chi connectivity index (χ0n) is 21.0. The number of carbonyl (C=O) groups is 1. The fourth-order valence-corrected chi connectivity index (χ4v) is 4.96. The van der Waals surface area contributed by atoms with Crippen molar-refractivity contribution < 1.29 is 19.4 Å². The Morgan fingerprint density at radius 1 is 1.13 bits per heavy atom. The van der Waals surface area contributed by atoms with E-state index in [9.17, 15) is 4.79 Å². The first-order valence-corrected chi connectivity index (χ1v) is 13.5. The van der Waals surface area contributed by atoms with Crippen molar-refractivity contribution in [3.05, 3.63) is 97.9 Å². The lowest BCUT2D eigenvalue weighted by Crippen LogP contribution is -2.53. The lowest BCUT2D eigenvalue weighted by molar-refractivity contribution is -0.132. The topological polar surface area (TPSA) is 83.4 Å². The van der Waals surface area contributed by atoms with Gasteiger partial charge in [0.05, 0.1) is 6.61 Å². The van der Waals surface area contributed by atoms with Crippen LogP contribution in [0.1, 0.15) is 29.2 Å². The number of hydrazine groups is 1. The maximum absolute atomic E-state index is 13.9. The summed E-state index contributed by atoms with van der Waals surface area (Å²) in [5, 5.41) is 11.4. The highest BCUT2D eigenvalue weighted by Gasteiger charge is 2.54. The van der Waals surface area contributed by atoms with Gasteiger partial charge in [0.15, 0.2) is 11.6 Å². The van der Waals surface area contributed by atoms with Crippen molar-refractivity contribution in [3.8, 4) is 5.75 Å². The van der Waals surface area contributed by atoms with Crippen LogP contribution in [0, 0.1) is 0 Å². The Kier molecular flexibility index (Phi) is 9.33. The van der Waals surface area contributed by atoms with E-state index in [0.717, 1.165) is 10.0 Å². The van der Waals surface area contributed by atoms with Gasteiger partial charge < -0.3 is 14.6 Å². The van der Waals surface area contributed by atoms with Gasteiger partial charge in [0.2, 0.25) is 5.90 Å². The van der Waals surface area contributed by atoms with Gasteiger partial charge in [-0.15, -0.1) is 0 Å². The standard InChI is InChI=1S/C28H28BrCl2N3O4/c1-34(2)33-27(36)28(17-18-4-8-20(29)9-5-18)25(23-13-10-21(30)16-24(23)31)38-26(32-28)19-6-11-22(12-7-19)37-15-3-14-35/h4-13,16,25,35H,3,14-15,17H2,1-2H3,(H,33,36)/t25-,28-/m0/s1. The molecule has 0 radical (unpaired) electrons. The molecular weight excluding hydrogens is 593 g/mol. The fraction of sp³-hybridized carbons (Fsp3) is 0.286. The molecule has 3 aromatic rings. The van der Waals surface area contributed by atoms with Crippen LogP contribution in [0.3, 0.4) is 0 Å². The molecule has 1 heterocycles. The summed E-state index contributed by atoms with van der Waals surface area (Å²) < 4.78 is 13.0. The second-order valence-electron chi connectivity index (χ2n) is 9.09. The summed E-state index contributed by atoms with van der Waals surface area (Å²) >= 11 is 16.3. The van der Waals surface area contributed by atoms with Crippen LogP contribution in [0.2, 0.25) is 10.0 Å². The minimum Gasteiger partial charge on any atom is -0.494 e. The molecule has 0 bridgehead atoms. The van der Waals surface area contributed by atoms with Gasteiger partial charge in [0.25, 0.3) is 5.91 Å². The third-order valence-electron chi connectivity index (χ3n) is 5.99. The van der Waals surface area contributed by atoms with Crippen LogP contribution in [0.4, 0.5) is 0 Å². The number of benzene rings is 3. The molecule has 3 aromatic carbocycles. The number of hydrogen-bond acceptors (Lipinski definition) is 6. The monoisotopic (exact) mass is 619 g/mol. The predicted octanol–water partition coefficient (Wildman–Crippen LogP) is 5.61. The van der Waals surface area contributed by atoms with Crippen molar-refractivity contribution in [2.75, 3.05) is 27.3 Å². The molecule has 10 heteroatoms. The quantitative estimate of drug-likeness (QED) is 0.227. The van der Waals surface area contributed by atoms with Gasteiger partial charge in [-0.1, -0.05) is 57.3 Å². The molecule has 0 aliphatic carbocycles. The zero-order valence-corrected chi connectivity index (χ0v) is 24.1. The summed E-state index contributed by atoms with van der Waals surface area (Å²) in [6, 6.07) is 20.1. The minimum atomic E-state index is -1.37. The van der Waals surface area contributed by atoms with Crippen molar-refractivity contribution in [2.24, 2.45) is 4.99 Å². The molecule has 0 spiro atoms. The molecule has 0 aromatic heterocycles. The van der Waals surface area contributed by atoms with E-state index in [1.807, 2.05) is 36.4 Å². The number of nitrogens with zero attached hydrogens (tertiary/aromatic N) is 2. The van der Waals surface area contributed by atoms with Crippen molar-refractivity contribution >= 4 is 50.9 Å². The number of aliphatic hydroxyl groups excluding tert-OH is 1. The molecule has 0 unspecified atom stereocenters. The second-order valence-corrected chi connectivity index (χ2v) is 10.9. The Labute approximate surface area is 240 Å². The summed E-state index contributed by atoms with van der Waals surface area (Å²) in [7, 11) is 3.48. The van der Waals surface area contributed by atoms with Crippen LogP contribution < -0.4 is 10.2 Å². The van der Waals surface area contributed by atoms with E-state index in [1.165, 1.54) is 0 Å². The van der Waals surface area contributed by atoms with E-state index in [2.05, 4.69) is 21.4 Å². The Morgan fingerprint density at radius 2 is 1.84 bits per heavy atom. The number of hydrogen-bond donors (Lipinski definition) is 2. The molecule has 38 heavy (non-hydrogen) atoms. The van der Waals surface area contributed by atoms with Gasteiger partial charge in [-0.05, 0) is 54.1 Å². The molecule has 1 aliphatic rings. The van der Waals surface area contributed by atoms with E-state index in [-0.39, 0.29) is 18.9 Å². The average molecular weight is 621 g/mol. The largest absolute Gasteiger partial charge is 0.494 e. The van der Waals surface area contributed by atoms with Crippen LogP contribution in [0.15, 0.2) is 76.2 Å². The normalized spacial score (nSPS) is 18.7. The molecule has 0 saturated heterocycles. The Bertz CT molecular complexity index is 1300. The number of aliphatic imine (C=N–C) groups is 1. The molecular formula is C28H28BrCl2N3O4. The van der Waals surface area contributed by atoms with Crippen molar-refractivity contribution in [1.29, 1.82) is 0 Å². The summed E-state index contributed by atoms with van der Waals surface area (Å²) in [6.07, 6.45) is -0.0258. The number of carbonyl (C=O) groups excluding carboxylic acids is 1. The molecule has 0 fully saturated rings. The van der Waals surface area contributed by atoms with E-state index in [1.54, 1.807) is 49.4 Å². The van der Waals surface area contributed by atoms with E-state index < -0.39 is 11.6 Å². The van der Waals surface area contributed by atoms with E-state index >= 15 is 0 Å². The molecule has 7 nitrogen and oxygen atoms in total. The Morgan fingerprint density at radius 3 is 2.47 bits per heavy atom. The first-order valence-electron chi connectivity index (χ1n) is 12.0. The highest BCUT2D eigenvalue weighted by atomic mass is 79.9. The number of ether oxygens (including phenoxy) is 2. The van der Waals surface area contributed by atoms with E-state index in [0.29, 0.717) is 45.8 Å². The molecule has 2 N–H and O–H groups in total. The maximum atomic E-state index is 13.9. The summed E-state index contributed by atoms with van der Waals surface area (Å²) in [5.41, 5.74) is 3.70. The van der Waals surface area contributed by atoms with Crippen molar-refractivity contribution in [3.63, 3.8) is 0 Å². The van der Waals surface area contributed by atoms with Gasteiger partial charge in [0, 0.05) is 59.2 Å². The number of nitrogens with one attached hydrogen (secondary N) is 1. The highest BCUT2D eigenvalue weighted by Crippen LogP contribution is 2.45. The zero-order chi connectivity index (χ0) is 27.3. The first kappa shape index (κ1) is 28.4. The van der Waals surface area contributed by atoms with Gasteiger partial charge in [-0.2, -0.15) is 0 Å². The van der Waals surface area contributed by atoms with Gasteiger partial charge in [0.1, 0.15) is 5.75 Å². The van der Waals surface area contributed by atoms with E-state index in [4.69, 9.17) is 42.8 Å². The van der Waals surface area contributed by atoms with Crippen molar-refractivity contribution in [1.82, 2.24) is 10.4 Å². The Balaban J connectivity index is 1.80. The second kappa shape index (κ2) is 12.5. The summed E-state index contributed by atoms with van der Waals surface area (Å²) in [5.74, 6) is 0.638. The minimum absolute atomic E-state index is 0.0623. The molecule has 0 saturated carbocycles. The summed E-state index contributed by atoms with van der Waals surface area (Å²) in [6.45, 7) is 0.471. The van der Waals surface area contributed by atoms with Crippen LogP contribution >= 0.6 is 39.1 Å². The third kappa shape index (κ3) is 6.50. The predicted molar refractivity (Wildman–Crippen MR) is 153 cm³/mol. The Hall–Kier alpha value is -2.62. The summed E-state index contributed by atoms with van der Waals surface area (Å²) in [4.78, 5) is 18.9. The molecule has 4 rings (SSSR count). The van der Waals surface area contributed by atoms with Crippen LogP contribution in [-0.2, 0) is 16.0 Å². The lowest BCUT2D eigenvalue weighted by atomic mass is 9.82. The first-order chi connectivity index (χ1) is 18.2. The molecule has 1 aliphatic heterocycles. The van der Waals surface area contributed by atoms with Crippen LogP contribution in [-0.4, -0.2) is 54.8 Å². The van der Waals surface area contributed by atoms with Gasteiger partial charge >= 0.3 is 0 Å². The third-order valence-corrected chi connectivity index (χ3v) is 7.08. The van der Waals surface area contributed by atoms with Crippen LogP contribution in [0.5, 0.6) is 5.75 Å². The smallest absolute Gasteiger partial charge is 0.266 e. The van der Waals surface area contributed by atoms with Crippen molar-refractivity contribution in [2.45, 2.75) is 24.5 Å². The number of aliphatic hydroxyl groups is 1. The maximum Gasteiger partial charge on any atom is 0.266 e. The number of amides is 1. The SMILES string of the molecule is CN(C)NC(=O)[C@@]1(Cc2ccc(Br)cc2)N=C(c2ccc(OCCCO)cc2)O[C@H]1c1ccc(Cl)cc1Cl. The number of rotatable bonds is 10. The lowest BCUT2D eigenvalue weighted by Gasteiger charge is -2.32. The number of halogens is 3. The van der Waals surface area contributed by atoms with Crippen LogP contribution in [0.25, 0.3) is 0 Å². The molecule has 2 atom stereocenters. The van der Waals surface area contributed by atoms with Gasteiger partial charge in [-0.25, -0.2) is 10.0 Å². The molecule has 200 valence electrons. The fourth-order valence-electron chi connectivity index (χ4n) is 4.19. The molecule has 1 amide bonds. The van der Waals surface area contributed by atoms with Gasteiger partial charge in [-0.3, -0.25) is 10.2 Å².